The molecule has 1 aromatic carbocycles. The van der Waals surface area contributed by atoms with Gasteiger partial charge < -0.3 is 4.46 Å². The predicted octanol–water partition coefficient (Wildman–Crippen LogP) is 2.46. The van der Waals surface area contributed by atoms with Crippen molar-refractivity contribution in [1.82, 2.24) is 0 Å². The molecule has 0 atom stereocenters. The highest BCUT2D eigenvalue weighted by Crippen LogP contribution is 2.08. The Hall–Kier alpha value is -0.763. The second kappa shape index (κ2) is 5.20. The van der Waals surface area contributed by atoms with Crippen molar-refractivity contribution in [2.75, 3.05) is 0 Å². The van der Waals surface area contributed by atoms with Gasteiger partial charge in [-0.1, -0.05) is 39.0 Å². The van der Waals surface area contributed by atoms with Crippen LogP contribution < -0.4 is 5.19 Å². The third kappa shape index (κ3) is 2.18. The first kappa shape index (κ1) is 11.3. The maximum absolute atomic E-state index is 11.8. The van der Waals surface area contributed by atoms with Crippen LogP contribution in [0.15, 0.2) is 18.2 Å². The van der Waals surface area contributed by atoms with Gasteiger partial charge in [0.05, 0.1) is 0 Å². The molecular formula is C12H18OSi. The number of rotatable bonds is 4. The summed E-state index contributed by atoms with van der Waals surface area (Å²) in [6, 6.07) is 6.99. The van der Waals surface area contributed by atoms with Gasteiger partial charge in [-0.3, -0.25) is 0 Å². The van der Waals surface area contributed by atoms with Crippen LogP contribution >= 0.6 is 0 Å². The van der Waals surface area contributed by atoms with E-state index in [1.807, 2.05) is 19.1 Å². The van der Waals surface area contributed by atoms with Crippen LogP contribution in [0.4, 0.5) is 0 Å². The molecule has 0 radical (unpaired) electrons. The van der Waals surface area contributed by atoms with Gasteiger partial charge in [0.2, 0.25) is 0 Å². The molecule has 14 heavy (non-hydrogen) atoms. The van der Waals surface area contributed by atoms with Crippen molar-refractivity contribution in [2.24, 2.45) is 0 Å². The van der Waals surface area contributed by atoms with E-state index in [0.717, 1.165) is 24.1 Å². The molecule has 0 aromatic heterocycles. The maximum Gasteiger partial charge on any atom is 0.311 e. The van der Waals surface area contributed by atoms with Gasteiger partial charge in [-0.05, 0) is 30.0 Å². The van der Waals surface area contributed by atoms with Crippen LogP contribution in [0.2, 0.25) is 6.04 Å². The molecule has 0 bridgehead atoms. The summed E-state index contributed by atoms with van der Waals surface area (Å²) in [6.07, 6.45) is 2.03. The van der Waals surface area contributed by atoms with E-state index < -0.39 is 8.68 Å². The fraction of sp³-hybridized carbons (Fsp3) is 0.500. The molecule has 0 amide bonds. The topological polar surface area (TPSA) is 17.1 Å². The third-order valence-electron chi connectivity index (χ3n) is 2.63. The summed E-state index contributed by atoms with van der Waals surface area (Å²) in [6.45, 7) is 6.30. The van der Waals surface area contributed by atoms with Gasteiger partial charge in [-0.25, -0.2) is 0 Å². The van der Waals surface area contributed by atoms with Crippen LogP contribution in [-0.4, -0.2) is 8.68 Å². The van der Waals surface area contributed by atoms with E-state index in [0.29, 0.717) is 0 Å². The minimum Gasteiger partial charge on any atom is -0.382 e. The molecule has 0 aliphatic carbocycles. The predicted molar refractivity (Wildman–Crippen MR) is 61.8 cm³/mol. The first-order chi connectivity index (χ1) is 6.74. The summed E-state index contributed by atoms with van der Waals surface area (Å²) >= 11 is 0. The molecule has 76 valence electrons. The van der Waals surface area contributed by atoms with Gasteiger partial charge in [-0.15, -0.1) is 0 Å². The Labute approximate surface area is 87.8 Å². The lowest BCUT2D eigenvalue weighted by atomic mass is 10.0. The van der Waals surface area contributed by atoms with Crippen LogP contribution in [0, 0.1) is 0 Å². The molecule has 1 aromatic rings. The molecule has 0 saturated carbocycles. The Bertz CT molecular complexity index is 331. The van der Waals surface area contributed by atoms with Crippen LogP contribution in [0.5, 0.6) is 0 Å². The summed E-state index contributed by atoms with van der Waals surface area (Å²) in [5.74, 6) is 0. The zero-order chi connectivity index (χ0) is 10.6. The molecule has 0 unspecified atom stereocenters. The minimum atomic E-state index is -1.53. The van der Waals surface area contributed by atoms with E-state index in [9.17, 15) is 4.46 Å². The number of aryl methyl sites for hydroxylation is 1. The normalized spacial score (nSPS) is 10.2. The summed E-state index contributed by atoms with van der Waals surface area (Å²) in [5.41, 5.74) is 2.68. The Morgan fingerprint density at radius 2 is 1.86 bits per heavy atom. The van der Waals surface area contributed by atoms with E-state index in [4.69, 9.17) is 0 Å². The lowest BCUT2D eigenvalue weighted by Crippen LogP contribution is -2.25. The van der Waals surface area contributed by atoms with Gasteiger partial charge in [0.15, 0.2) is 0 Å². The summed E-state index contributed by atoms with van der Waals surface area (Å²) in [4.78, 5) is 0. The molecule has 0 spiro atoms. The number of hydrogen-bond acceptors (Lipinski definition) is 1. The first-order valence-corrected chi connectivity index (χ1v) is 7.00. The third-order valence-corrected chi connectivity index (χ3v) is 4.34. The second-order valence-corrected chi connectivity index (χ2v) is 5.52. The lowest BCUT2D eigenvalue weighted by Gasteiger charge is -2.09. The molecule has 0 saturated heterocycles. The molecule has 0 fully saturated rings. The van der Waals surface area contributed by atoms with E-state index in [-0.39, 0.29) is 0 Å². The van der Waals surface area contributed by atoms with Crippen LogP contribution in [0.25, 0.3) is 0 Å². The van der Waals surface area contributed by atoms with E-state index in [1.54, 1.807) is 0 Å². The van der Waals surface area contributed by atoms with E-state index in [2.05, 4.69) is 19.9 Å². The largest absolute Gasteiger partial charge is 0.382 e. The molecule has 0 N–H and O–H groups in total. The van der Waals surface area contributed by atoms with Crippen molar-refractivity contribution in [3.8, 4) is 0 Å². The SMILES string of the molecule is CCc1cccc([Si](=O)CC)c1CC. The summed E-state index contributed by atoms with van der Waals surface area (Å²) in [5, 5.41) is 1.11. The number of hydrogen-bond donors (Lipinski definition) is 0. The summed E-state index contributed by atoms with van der Waals surface area (Å²) < 4.78 is 11.8. The van der Waals surface area contributed by atoms with Crippen molar-refractivity contribution in [3.05, 3.63) is 29.3 Å². The van der Waals surface area contributed by atoms with Gasteiger partial charge in [0, 0.05) is 5.19 Å². The molecule has 0 aliphatic rings. The fourth-order valence-corrected chi connectivity index (χ4v) is 3.17. The van der Waals surface area contributed by atoms with Crippen molar-refractivity contribution in [1.29, 1.82) is 0 Å². The highest BCUT2D eigenvalue weighted by atomic mass is 28.3. The standard InChI is InChI=1S/C12H18OSi/c1-4-10-8-7-9-12(11(10)5-2)14(13)6-3/h7-9H,4-6H2,1-3H3. The smallest absolute Gasteiger partial charge is 0.311 e. The van der Waals surface area contributed by atoms with Gasteiger partial charge in [-0.2, -0.15) is 0 Å². The van der Waals surface area contributed by atoms with Gasteiger partial charge >= 0.3 is 8.68 Å². The highest BCUT2D eigenvalue weighted by Gasteiger charge is 2.12. The maximum atomic E-state index is 11.8. The lowest BCUT2D eigenvalue weighted by molar-refractivity contribution is 0.568. The highest BCUT2D eigenvalue weighted by molar-refractivity contribution is 6.60. The number of benzene rings is 1. The molecule has 1 rings (SSSR count). The zero-order valence-electron chi connectivity index (χ0n) is 9.26. The second-order valence-electron chi connectivity index (χ2n) is 3.43. The van der Waals surface area contributed by atoms with Crippen LogP contribution in [-0.2, 0) is 17.3 Å². The van der Waals surface area contributed by atoms with Crippen LogP contribution in [0.1, 0.15) is 31.9 Å². The first-order valence-electron chi connectivity index (χ1n) is 5.38. The van der Waals surface area contributed by atoms with Crippen molar-refractivity contribution >= 4 is 13.9 Å². The van der Waals surface area contributed by atoms with E-state index >= 15 is 0 Å². The van der Waals surface area contributed by atoms with Crippen molar-refractivity contribution < 1.29 is 4.46 Å². The van der Waals surface area contributed by atoms with E-state index in [1.165, 1.54) is 11.1 Å². The Kier molecular flexibility index (Phi) is 4.20. The van der Waals surface area contributed by atoms with Crippen molar-refractivity contribution in [3.63, 3.8) is 0 Å². The average molecular weight is 206 g/mol. The van der Waals surface area contributed by atoms with Crippen molar-refractivity contribution in [2.45, 2.75) is 39.7 Å². The minimum absolute atomic E-state index is 0.783. The molecule has 2 heteroatoms. The van der Waals surface area contributed by atoms with Gasteiger partial charge in [0.1, 0.15) is 0 Å². The molecule has 0 heterocycles. The molecular weight excluding hydrogens is 188 g/mol. The quantitative estimate of drug-likeness (QED) is 0.692. The monoisotopic (exact) mass is 206 g/mol. The zero-order valence-corrected chi connectivity index (χ0v) is 10.3. The molecule has 1 nitrogen and oxygen atoms in total. The Morgan fingerprint density at radius 1 is 1.14 bits per heavy atom. The van der Waals surface area contributed by atoms with Crippen LogP contribution in [0.3, 0.4) is 0 Å². The fourth-order valence-electron chi connectivity index (χ4n) is 1.84. The molecule has 0 aliphatic heterocycles. The van der Waals surface area contributed by atoms with Gasteiger partial charge in [0.25, 0.3) is 0 Å². The Morgan fingerprint density at radius 3 is 2.36 bits per heavy atom. The summed E-state index contributed by atoms with van der Waals surface area (Å²) in [7, 11) is -1.53. The Balaban J connectivity index is 3.21. The average Bonchev–Trinajstić information content (AvgIpc) is 2.26.